The number of hydrogen-bond acceptors (Lipinski definition) is 2. The van der Waals surface area contributed by atoms with Gasteiger partial charge in [-0.3, -0.25) is 9.59 Å². The van der Waals surface area contributed by atoms with E-state index >= 15 is 0 Å². The highest BCUT2D eigenvalue weighted by Gasteiger charge is 2.18. The second kappa shape index (κ2) is 3.52. The van der Waals surface area contributed by atoms with Gasteiger partial charge in [0.05, 0.1) is 0 Å². The van der Waals surface area contributed by atoms with Crippen LogP contribution in [0.25, 0.3) is 0 Å². The van der Waals surface area contributed by atoms with Crippen LogP contribution in [0.4, 0.5) is 0 Å². The van der Waals surface area contributed by atoms with Gasteiger partial charge in [0.25, 0.3) is 0 Å². The molecule has 0 saturated carbocycles. The lowest BCUT2D eigenvalue weighted by atomic mass is 9.92. The molecule has 0 aliphatic heterocycles. The van der Waals surface area contributed by atoms with Crippen LogP contribution in [-0.2, 0) is 9.59 Å². The van der Waals surface area contributed by atoms with E-state index in [1.807, 2.05) is 6.92 Å². The Hall–Kier alpha value is -1.44. The van der Waals surface area contributed by atoms with Crippen molar-refractivity contribution in [3.05, 3.63) is 35.5 Å². The molecule has 68 valence electrons. The summed E-state index contributed by atoms with van der Waals surface area (Å²) in [5.41, 5.74) is 2.03. The van der Waals surface area contributed by atoms with Crippen molar-refractivity contribution in [2.45, 2.75) is 20.3 Å². The average Bonchev–Trinajstić information content (AvgIpc) is 2.05. The monoisotopic (exact) mass is 176 g/mol. The molecule has 13 heavy (non-hydrogen) atoms. The number of carbonyl (C=O) groups is 2. The molecule has 0 aromatic heterocycles. The van der Waals surface area contributed by atoms with Gasteiger partial charge < -0.3 is 0 Å². The van der Waals surface area contributed by atoms with Crippen LogP contribution in [0, 0.1) is 0 Å². The fraction of sp³-hybridized carbons (Fsp3) is 0.273. The third-order valence-corrected chi connectivity index (χ3v) is 1.98. The zero-order chi connectivity index (χ0) is 10.0. The van der Waals surface area contributed by atoms with E-state index in [4.69, 9.17) is 0 Å². The van der Waals surface area contributed by atoms with Crippen molar-refractivity contribution < 1.29 is 9.59 Å². The van der Waals surface area contributed by atoms with Crippen molar-refractivity contribution in [2.75, 3.05) is 0 Å². The number of carbonyl (C=O) groups excluding carboxylic acids is 2. The van der Waals surface area contributed by atoms with Crippen LogP contribution >= 0.6 is 0 Å². The first-order valence-corrected chi connectivity index (χ1v) is 4.13. The van der Waals surface area contributed by atoms with Crippen LogP contribution in [0.1, 0.15) is 20.3 Å². The first-order valence-electron chi connectivity index (χ1n) is 4.13. The van der Waals surface area contributed by atoms with Crippen LogP contribution in [0.15, 0.2) is 35.5 Å². The highest BCUT2D eigenvalue weighted by atomic mass is 16.1. The van der Waals surface area contributed by atoms with Crippen LogP contribution < -0.4 is 0 Å². The molecule has 1 rings (SSSR count). The Morgan fingerprint density at radius 1 is 1.31 bits per heavy atom. The first kappa shape index (κ1) is 9.65. The largest absolute Gasteiger partial charge is 0.290 e. The Morgan fingerprint density at radius 2 is 1.85 bits per heavy atom. The maximum absolute atomic E-state index is 11.3. The van der Waals surface area contributed by atoms with E-state index in [2.05, 4.69) is 6.58 Å². The summed E-state index contributed by atoms with van der Waals surface area (Å²) in [5.74, 6) is -0.143. The van der Waals surface area contributed by atoms with Gasteiger partial charge in [0.1, 0.15) is 0 Å². The Kier molecular flexibility index (Phi) is 2.61. The Bertz CT molecular complexity index is 343. The molecule has 0 atom stereocenters. The molecule has 0 spiro atoms. The molecule has 2 nitrogen and oxygen atoms in total. The Labute approximate surface area is 77.6 Å². The molecule has 0 bridgehead atoms. The molecule has 0 N–H and O–H groups in total. The second-order valence-corrected chi connectivity index (χ2v) is 3.30. The summed E-state index contributed by atoms with van der Waals surface area (Å²) >= 11 is 0. The van der Waals surface area contributed by atoms with E-state index in [1.165, 1.54) is 12.2 Å². The van der Waals surface area contributed by atoms with Crippen molar-refractivity contribution in [3.63, 3.8) is 0 Å². The summed E-state index contributed by atoms with van der Waals surface area (Å²) in [6.45, 7) is 7.25. The summed E-state index contributed by atoms with van der Waals surface area (Å²) in [6.07, 6.45) is 3.15. The van der Waals surface area contributed by atoms with E-state index in [-0.39, 0.29) is 11.6 Å². The molecule has 0 fully saturated rings. The average molecular weight is 176 g/mol. The fourth-order valence-corrected chi connectivity index (χ4v) is 1.23. The van der Waals surface area contributed by atoms with Gasteiger partial charge >= 0.3 is 0 Å². The molecular weight excluding hydrogens is 164 g/mol. The minimum Gasteiger partial charge on any atom is -0.290 e. The fourth-order valence-electron chi connectivity index (χ4n) is 1.23. The molecule has 0 radical (unpaired) electrons. The predicted octanol–water partition coefficient (Wildman–Crippen LogP) is 1.98. The molecule has 1 aliphatic carbocycles. The molecule has 0 saturated heterocycles. The summed E-state index contributed by atoms with van der Waals surface area (Å²) < 4.78 is 0. The van der Waals surface area contributed by atoms with Gasteiger partial charge in [0.2, 0.25) is 0 Å². The highest BCUT2D eigenvalue weighted by molar-refractivity contribution is 6.19. The van der Waals surface area contributed by atoms with Gasteiger partial charge in [-0.05, 0) is 32.4 Å². The van der Waals surface area contributed by atoms with E-state index in [0.717, 1.165) is 5.57 Å². The SMILES string of the molecule is C=C(C)CC1=C(C)C(=O)C=CC1=O. The number of hydrogen-bond donors (Lipinski definition) is 0. The van der Waals surface area contributed by atoms with Gasteiger partial charge in [-0.1, -0.05) is 12.2 Å². The van der Waals surface area contributed by atoms with Crippen LogP contribution in [-0.4, -0.2) is 11.6 Å². The molecule has 0 unspecified atom stereocenters. The molecule has 0 heterocycles. The zero-order valence-electron chi connectivity index (χ0n) is 7.89. The van der Waals surface area contributed by atoms with Gasteiger partial charge in [-0.25, -0.2) is 0 Å². The van der Waals surface area contributed by atoms with Crippen molar-refractivity contribution in [1.29, 1.82) is 0 Å². The molecule has 2 heteroatoms. The van der Waals surface area contributed by atoms with E-state index < -0.39 is 0 Å². The molecule has 0 aromatic rings. The van der Waals surface area contributed by atoms with E-state index in [1.54, 1.807) is 6.92 Å². The van der Waals surface area contributed by atoms with Crippen LogP contribution in [0.2, 0.25) is 0 Å². The van der Waals surface area contributed by atoms with Crippen molar-refractivity contribution in [2.24, 2.45) is 0 Å². The summed E-state index contributed by atoms with van der Waals surface area (Å²) in [5, 5.41) is 0. The number of allylic oxidation sites excluding steroid dienone is 5. The van der Waals surface area contributed by atoms with Crippen molar-refractivity contribution >= 4 is 11.6 Å². The normalized spacial score (nSPS) is 16.8. The maximum Gasteiger partial charge on any atom is 0.182 e. The smallest absolute Gasteiger partial charge is 0.182 e. The van der Waals surface area contributed by atoms with Crippen LogP contribution in [0.3, 0.4) is 0 Å². The lowest BCUT2D eigenvalue weighted by molar-refractivity contribution is -0.115. The molecular formula is C11H12O2. The van der Waals surface area contributed by atoms with Gasteiger partial charge in [-0.2, -0.15) is 0 Å². The number of ketones is 2. The third kappa shape index (κ3) is 2.02. The topological polar surface area (TPSA) is 34.1 Å². The summed E-state index contributed by atoms with van der Waals surface area (Å²) in [4.78, 5) is 22.6. The lowest BCUT2D eigenvalue weighted by Crippen LogP contribution is -2.12. The minimum atomic E-state index is -0.0733. The van der Waals surface area contributed by atoms with Crippen molar-refractivity contribution in [3.8, 4) is 0 Å². The highest BCUT2D eigenvalue weighted by Crippen LogP contribution is 2.19. The molecule has 1 aliphatic rings. The second-order valence-electron chi connectivity index (χ2n) is 3.30. The van der Waals surface area contributed by atoms with E-state index in [9.17, 15) is 9.59 Å². The molecule has 0 amide bonds. The lowest BCUT2D eigenvalue weighted by Gasteiger charge is -2.10. The van der Waals surface area contributed by atoms with Crippen LogP contribution in [0.5, 0.6) is 0 Å². The third-order valence-electron chi connectivity index (χ3n) is 1.98. The summed E-state index contributed by atoms with van der Waals surface area (Å²) in [7, 11) is 0. The maximum atomic E-state index is 11.3. The zero-order valence-corrected chi connectivity index (χ0v) is 7.89. The standard InChI is InChI=1S/C11H12O2/c1-7(2)6-9-8(3)10(12)4-5-11(9)13/h4-5H,1,6H2,2-3H3. The Balaban J connectivity index is 3.02. The quantitative estimate of drug-likeness (QED) is 0.476. The predicted molar refractivity (Wildman–Crippen MR) is 51.3 cm³/mol. The van der Waals surface area contributed by atoms with E-state index in [0.29, 0.717) is 17.6 Å². The van der Waals surface area contributed by atoms with Gasteiger partial charge in [0.15, 0.2) is 11.6 Å². The van der Waals surface area contributed by atoms with Gasteiger partial charge in [-0.15, -0.1) is 0 Å². The number of rotatable bonds is 2. The van der Waals surface area contributed by atoms with Gasteiger partial charge in [0, 0.05) is 11.1 Å². The minimum absolute atomic E-state index is 0.0694. The van der Waals surface area contributed by atoms with Crippen molar-refractivity contribution in [1.82, 2.24) is 0 Å². The molecule has 0 aromatic carbocycles. The summed E-state index contributed by atoms with van der Waals surface area (Å²) in [6, 6.07) is 0. The first-order chi connectivity index (χ1) is 6.02. The Morgan fingerprint density at radius 3 is 2.38 bits per heavy atom.